The number of nitrogens with zero attached hydrogens (tertiary/aromatic N) is 4. The van der Waals surface area contributed by atoms with Crippen molar-refractivity contribution in [3.05, 3.63) is 60.5 Å². The summed E-state index contributed by atoms with van der Waals surface area (Å²) in [7, 11) is 1.55. The summed E-state index contributed by atoms with van der Waals surface area (Å²) in [4.78, 5) is 21.6. The largest absolute Gasteiger partial charge is 0.328 e. The molecule has 0 N–H and O–H groups in total. The number of rotatable bonds is 3. The summed E-state index contributed by atoms with van der Waals surface area (Å²) in [6.07, 6.45) is 3.19. The molecule has 2 heterocycles. The first-order chi connectivity index (χ1) is 10.6. The minimum atomic E-state index is -0.473. The fourth-order valence-electron chi connectivity index (χ4n) is 1.85. The van der Waals surface area contributed by atoms with E-state index < -0.39 is 5.91 Å². The lowest BCUT2D eigenvalue weighted by atomic mass is 10.2. The predicted octanol–water partition coefficient (Wildman–Crippen LogP) is 2.55. The number of hydrogen-bond acceptors (Lipinski definition) is 5. The Bertz CT molecular complexity index is 787. The molecule has 0 unspecified atom stereocenters. The van der Waals surface area contributed by atoms with Gasteiger partial charge in [-0.15, -0.1) is 0 Å². The number of carbonyl (C=O) groups is 1. The van der Waals surface area contributed by atoms with E-state index in [0.29, 0.717) is 17.1 Å². The van der Waals surface area contributed by atoms with Crippen LogP contribution in [0.3, 0.4) is 0 Å². The first-order valence-electron chi connectivity index (χ1n) is 6.43. The molecule has 0 atom stereocenters. The molecule has 0 aliphatic heterocycles. The van der Waals surface area contributed by atoms with Crippen LogP contribution in [0.25, 0.3) is 11.4 Å². The standard InChI is InChI=1S/C15H11FN4O2/c1-20(12-4-2-11(16)3-5-12)15(21)14-18-13(19-22-14)10-6-8-17-9-7-10/h2-9H,1H3. The van der Waals surface area contributed by atoms with Crippen molar-refractivity contribution >= 4 is 11.6 Å². The summed E-state index contributed by atoms with van der Waals surface area (Å²) in [6.45, 7) is 0. The Morgan fingerprint density at radius 2 is 1.82 bits per heavy atom. The third-order valence-electron chi connectivity index (χ3n) is 3.07. The number of benzene rings is 1. The lowest BCUT2D eigenvalue weighted by Gasteiger charge is -2.14. The summed E-state index contributed by atoms with van der Waals surface area (Å²) in [5.41, 5.74) is 1.22. The molecule has 0 aliphatic carbocycles. The number of carbonyl (C=O) groups excluding carboxylic acids is 1. The normalized spacial score (nSPS) is 10.5. The van der Waals surface area contributed by atoms with E-state index in [0.717, 1.165) is 0 Å². The Morgan fingerprint density at radius 1 is 1.14 bits per heavy atom. The highest BCUT2D eigenvalue weighted by Gasteiger charge is 2.21. The molecule has 0 saturated heterocycles. The van der Waals surface area contributed by atoms with Crippen LogP contribution in [0.1, 0.15) is 10.7 Å². The Morgan fingerprint density at radius 3 is 2.50 bits per heavy atom. The number of anilines is 1. The zero-order valence-corrected chi connectivity index (χ0v) is 11.6. The lowest BCUT2D eigenvalue weighted by Crippen LogP contribution is -2.26. The van der Waals surface area contributed by atoms with Crippen LogP contribution in [-0.2, 0) is 0 Å². The highest BCUT2D eigenvalue weighted by atomic mass is 19.1. The van der Waals surface area contributed by atoms with Gasteiger partial charge in [0.2, 0.25) is 5.82 Å². The van der Waals surface area contributed by atoms with E-state index in [1.807, 2.05) is 0 Å². The average molecular weight is 298 g/mol. The maximum atomic E-state index is 12.9. The molecular formula is C15H11FN4O2. The molecule has 0 aliphatic rings. The summed E-state index contributed by atoms with van der Waals surface area (Å²) >= 11 is 0. The molecule has 6 nitrogen and oxygen atoms in total. The van der Waals surface area contributed by atoms with Crippen LogP contribution in [-0.4, -0.2) is 28.1 Å². The van der Waals surface area contributed by atoms with Gasteiger partial charge in [-0.25, -0.2) is 4.39 Å². The number of pyridine rings is 1. The molecule has 1 amide bonds. The van der Waals surface area contributed by atoms with Gasteiger partial charge in [-0.1, -0.05) is 5.16 Å². The quantitative estimate of drug-likeness (QED) is 0.743. The number of amides is 1. The topological polar surface area (TPSA) is 72.1 Å². The number of aromatic nitrogens is 3. The molecule has 110 valence electrons. The van der Waals surface area contributed by atoms with E-state index in [1.165, 1.54) is 29.2 Å². The van der Waals surface area contributed by atoms with Crippen LogP contribution < -0.4 is 4.90 Å². The summed E-state index contributed by atoms with van der Waals surface area (Å²) in [6, 6.07) is 8.96. The van der Waals surface area contributed by atoms with Crippen molar-refractivity contribution in [3.8, 4) is 11.4 Å². The van der Waals surface area contributed by atoms with Crippen LogP contribution in [0, 0.1) is 5.82 Å². The van der Waals surface area contributed by atoms with Gasteiger partial charge in [-0.2, -0.15) is 4.98 Å². The monoisotopic (exact) mass is 298 g/mol. The minimum Gasteiger partial charge on any atom is -0.328 e. The van der Waals surface area contributed by atoms with E-state index in [9.17, 15) is 9.18 Å². The molecule has 1 aromatic carbocycles. The zero-order valence-electron chi connectivity index (χ0n) is 11.6. The predicted molar refractivity (Wildman–Crippen MR) is 76.7 cm³/mol. The summed E-state index contributed by atoms with van der Waals surface area (Å²) in [5.74, 6) is -0.682. The van der Waals surface area contributed by atoms with Gasteiger partial charge >= 0.3 is 11.8 Å². The van der Waals surface area contributed by atoms with E-state index in [-0.39, 0.29) is 11.7 Å². The van der Waals surface area contributed by atoms with Gasteiger partial charge in [-0.05, 0) is 36.4 Å². The average Bonchev–Trinajstić information content (AvgIpc) is 3.05. The molecule has 3 rings (SSSR count). The molecule has 22 heavy (non-hydrogen) atoms. The number of hydrogen-bond donors (Lipinski definition) is 0. The smallest absolute Gasteiger partial charge is 0.316 e. The lowest BCUT2D eigenvalue weighted by molar-refractivity contribution is 0.0951. The van der Waals surface area contributed by atoms with Crippen molar-refractivity contribution < 1.29 is 13.7 Å². The van der Waals surface area contributed by atoms with Crippen LogP contribution in [0.15, 0.2) is 53.3 Å². The van der Waals surface area contributed by atoms with Crippen LogP contribution in [0.4, 0.5) is 10.1 Å². The van der Waals surface area contributed by atoms with Crippen LogP contribution in [0.2, 0.25) is 0 Å². The van der Waals surface area contributed by atoms with Gasteiger partial charge in [0.25, 0.3) is 0 Å². The third kappa shape index (κ3) is 2.69. The first kappa shape index (κ1) is 13.9. The zero-order chi connectivity index (χ0) is 15.5. The molecule has 3 aromatic rings. The van der Waals surface area contributed by atoms with Crippen molar-refractivity contribution in [1.82, 2.24) is 15.1 Å². The van der Waals surface area contributed by atoms with Crippen molar-refractivity contribution in [1.29, 1.82) is 0 Å². The molecule has 0 radical (unpaired) electrons. The van der Waals surface area contributed by atoms with Gasteiger partial charge in [-0.3, -0.25) is 9.78 Å². The van der Waals surface area contributed by atoms with Gasteiger partial charge in [0.05, 0.1) is 0 Å². The van der Waals surface area contributed by atoms with Crippen molar-refractivity contribution in [2.75, 3.05) is 11.9 Å². The fraction of sp³-hybridized carbons (Fsp3) is 0.0667. The molecule has 0 saturated carbocycles. The first-order valence-corrected chi connectivity index (χ1v) is 6.43. The second-order valence-electron chi connectivity index (χ2n) is 4.50. The molecule has 7 heteroatoms. The van der Waals surface area contributed by atoms with Gasteiger partial charge in [0.1, 0.15) is 5.82 Å². The fourth-order valence-corrected chi connectivity index (χ4v) is 1.85. The van der Waals surface area contributed by atoms with Gasteiger partial charge in [0, 0.05) is 30.7 Å². The maximum absolute atomic E-state index is 12.9. The van der Waals surface area contributed by atoms with Crippen molar-refractivity contribution in [2.24, 2.45) is 0 Å². The van der Waals surface area contributed by atoms with E-state index in [4.69, 9.17) is 4.52 Å². The summed E-state index contributed by atoms with van der Waals surface area (Å²) in [5, 5.41) is 3.78. The summed E-state index contributed by atoms with van der Waals surface area (Å²) < 4.78 is 17.9. The van der Waals surface area contributed by atoms with Gasteiger partial charge in [0.15, 0.2) is 0 Å². The maximum Gasteiger partial charge on any atom is 0.316 e. The molecule has 0 fully saturated rings. The minimum absolute atomic E-state index is 0.140. The van der Waals surface area contributed by atoms with E-state index in [2.05, 4.69) is 15.1 Å². The second kappa shape index (κ2) is 5.72. The molecule has 0 spiro atoms. The van der Waals surface area contributed by atoms with Gasteiger partial charge < -0.3 is 9.42 Å². The highest BCUT2D eigenvalue weighted by Crippen LogP contribution is 2.18. The van der Waals surface area contributed by atoms with Crippen LogP contribution in [0.5, 0.6) is 0 Å². The second-order valence-corrected chi connectivity index (χ2v) is 4.50. The van der Waals surface area contributed by atoms with E-state index >= 15 is 0 Å². The van der Waals surface area contributed by atoms with Crippen LogP contribution >= 0.6 is 0 Å². The SMILES string of the molecule is CN(C(=O)c1nc(-c2ccncc2)no1)c1ccc(F)cc1. The third-order valence-corrected chi connectivity index (χ3v) is 3.07. The number of halogens is 1. The molecule has 0 bridgehead atoms. The Balaban J connectivity index is 1.84. The Labute approximate surface area is 125 Å². The Hall–Kier alpha value is -3.09. The Kier molecular flexibility index (Phi) is 3.61. The van der Waals surface area contributed by atoms with Crippen molar-refractivity contribution in [3.63, 3.8) is 0 Å². The molecule has 2 aromatic heterocycles. The van der Waals surface area contributed by atoms with Crippen molar-refractivity contribution in [2.45, 2.75) is 0 Å². The highest BCUT2D eigenvalue weighted by molar-refractivity contribution is 6.02. The molecular weight excluding hydrogens is 287 g/mol. The van der Waals surface area contributed by atoms with E-state index in [1.54, 1.807) is 31.6 Å².